The molecule has 0 aliphatic carbocycles. The Hall–Kier alpha value is -3.04. The van der Waals surface area contributed by atoms with E-state index in [2.05, 4.69) is 5.32 Å². The first-order valence-corrected chi connectivity index (χ1v) is 10.7. The van der Waals surface area contributed by atoms with Crippen molar-refractivity contribution in [2.75, 3.05) is 19.0 Å². The quantitative estimate of drug-likeness (QED) is 0.567. The fourth-order valence-electron chi connectivity index (χ4n) is 2.87. The number of benzene rings is 2. The molecule has 1 aliphatic heterocycles. The smallest absolute Gasteiger partial charge is 0.294 e. The fraction of sp³-hybridized carbons (Fsp3) is 0.227. The Morgan fingerprint density at radius 3 is 2.69 bits per heavy atom. The van der Waals surface area contributed by atoms with Crippen LogP contribution in [0.4, 0.5) is 14.9 Å². The molecule has 0 saturated carbocycles. The minimum Gasteiger partial charge on any atom is -0.493 e. The third kappa shape index (κ3) is 5.60. The molecule has 0 spiro atoms. The Morgan fingerprint density at radius 2 is 2.03 bits per heavy atom. The standard InChI is InChI=1S/C22H20ClFN2O5S/c1-12(2)31-20-16(23)7-13(8-17(20)30-3)9-18-21(28)26(22(29)32-18)11-19(27)25-15-6-4-5-14(24)10-15/h4-10,12H,11H2,1-3H3,(H,25,27)/b18-9+. The van der Waals surface area contributed by atoms with Crippen molar-refractivity contribution in [2.45, 2.75) is 20.0 Å². The summed E-state index contributed by atoms with van der Waals surface area (Å²) in [7, 11) is 1.47. The van der Waals surface area contributed by atoms with E-state index in [1.54, 1.807) is 12.1 Å². The third-order valence-electron chi connectivity index (χ3n) is 4.19. The summed E-state index contributed by atoms with van der Waals surface area (Å²) >= 11 is 7.02. The lowest BCUT2D eigenvalue weighted by atomic mass is 10.1. The van der Waals surface area contributed by atoms with Crippen LogP contribution in [0, 0.1) is 5.82 Å². The Balaban J connectivity index is 1.76. The lowest BCUT2D eigenvalue weighted by Gasteiger charge is -2.15. The summed E-state index contributed by atoms with van der Waals surface area (Å²) in [5.74, 6) is -1.00. The minimum absolute atomic E-state index is 0.123. The molecule has 0 radical (unpaired) electrons. The van der Waals surface area contributed by atoms with Gasteiger partial charge in [-0.2, -0.15) is 0 Å². The number of carbonyl (C=O) groups excluding carboxylic acids is 3. The van der Waals surface area contributed by atoms with Gasteiger partial charge in [-0.3, -0.25) is 19.3 Å². The molecule has 10 heteroatoms. The molecule has 1 N–H and O–H groups in total. The molecule has 2 aromatic rings. The largest absolute Gasteiger partial charge is 0.493 e. The second-order valence-corrected chi connectivity index (χ2v) is 8.43. The molecule has 0 atom stereocenters. The summed E-state index contributed by atoms with van der Waals surface area (Å²) in [6.45, 7) is 3.21. The predicted molar refractivity (Wildman–Crippen MR) is 121 cm³/mol. The van der Waals surface area contributed by atoms with Gasteiger partial charge < -0.3 is 14.8 Å². The summed E-state index contributed by atoms with van der Waals surface area (Å²) in [6, 6.07) is 8.53. The molecule has 0 aromatic heterocycles. The van der Waals surface area contributed by atoms with Gasteiger partial charge in [0.1, 0.15) is 12.4 Å². The molecule has 0 bridgehead atoms. The molecule has 3 rings (SSSR count). The molecule has 1 aliphatic rings. The van der Waals surface area contributed by atoms with Crippen molar-refractivity contribution >= 4 is 52.2 Å². The number of rotatable bonds is 7. The number of halogens is 2. The number of anilines is 1. The summed E-state index contributed by atoms with van der Waals surface area (Å²) in [5, 5.41) is 2.16. The van der Waals surface area contributed by atoms with Gasteiger partial charge in [-0.1, -0.05) is 17.7 Å². The topological polar surface area (TPSA) is 84.9 Å². The van der Waals surface area contributed by atoms with Gasteiger partial charge in [-0.05, 0) is 67.6 Å². The Labute approximate surface area is 193 Å². The number of hydrogen-bond donors (Lipinski definition) is 1. The van der Waals surface area contributed by atoms with Crippen molar-refractivity contribution in [1.82, 2.24) is 4.90 Å². The Bertz CT molecular complexity index is 1110. The van der Waals surface area contributed by atoms with Gasteiger partial charge >= 0.3 is 0 Å². The fourth-order valence-corrected chi connectivity index (χ4v) is 3.97. The number of imide groups is 1. The van der Waals surface area contributed by atoms with E-state index in [0.29, 0.717) is 28.8 Å². The van der Waals surface area contributed by atoms with Crippen molar-refractivity contribution in [3.63, 3.8) is 0 Å². The molecule has 168 valence electrons. The second kappa shape index (κ2) is 10.1. The summed E-state index contributed by atoms with van der Waals surface area (Å²) in [5.41, 5.74) is 0.751. The third-order valence-corrected chi connectivity index (χ3v) is 5.37. The van der Waals surface area contributed by atoms with Crippen molar-refractivity contribution in [3.8, 4) is 11.5 Å². The van der Waals surface area contributed by atoms with Crippen LogP contribution < -0.4 is 14.8 Å². The van der Waals surface area contributed by atoms with Gasteiger partial charge in [0, 0.05) is 5.69 Å². The summed E-state index contributed by atoms with van der Waals surface area (Å²) in [4.78, 5) is 38.2. The zero-order valence-corrected chi connectivity index (χ0v) is 19.1. The van der Waals surface area contributed by atoms with E-state index in [9.17, 15) is 18.8 Å². The van der Waals surface area contributed by atoms with Crippen LogP contribution in [0.2, 0.25) is 5.02 Å². The normalized spacial score (nSPS) is 14.9. The molecule has 7 nitrogen and oxygen atoms in total. The molecular weight excluding hydrogens is 459 g/mol. The van der Waals surface area contributed by atoms with E-state index in [-0.39, 0.29) is 21.7 Å². The van der Waals surface area contributed by atoms with Gasteiger partial charge in [0.05, 0.1) is 23.1 Å². The molecule has 2 aromatic carbocycles. The van der Waals surface area contributed by atoms with E-state index in [4.69, 9.17) is 21.1 Å². The minimum atomic E-state index is -0.626. The zero-order valence-electron chi connectivity index (χ0n) is 17.5. The SMILES string of the molecule is COc1cc(/C=C2/SC(=O)N(CC(=O)Nc3cccc(F)c3)C2=O)cc(Cl)c1OC(C)C. The van der Waals surface area contributed by atoms with Crippen LogP contribution in [0.25, 0.3) is 6.08 Å². The van der Waals surface area contributed by atoms with E-state index in [1.807, 2.05) is 13.8 Å². The Morgan fingerprint density at radius 1 is 1.28 bits per heavy atom. The highest BCUT2D eigenvalue weighted by atomic mass is 35.5. The number of methoxy groups -OCH3 is 1. The highest BCUT2D eigenvalue weighted by Crippen LogP contribution is 2.39. The van der Waals surface area contributed by atoms with E-state index >= 15 is 0 Å². The first-order chi connectivity index (χ1) is 15.2. The summed E-state index contributed by atoms with van der Waals surface area (Å²) in [6.07, 6.45) is 1.37. The molecule has 1 saturated heterocycles. The van der Waals surface area contributed by atoms with E-state index in [0.717, 1.165) is 11.0 Å². The number of nitrogens with zero attached hydrogens (tertiary/aromatic N) is 1. The number of carbonyl (C=O) groups is 3. The average molecular weight is 479 g/mol. The number of thioether (sulfide) groups is 1. The van der Waals surface area contributed by atoms with E-state index < -0.39 is 29.4 Å². The lowest BCUT2D eigenvalue weighted by Crippen LogP contribution is -2.36. The maximum atomic E-state index is 13.3. The maximum absolute atomic E-state index is 13.3. The van der Waals surface area contributed by atoms with Gasteiger partial charge in [0.15, 0.2) is 11.5 Å². The number of nitrogens with one attached hydrogen (secondary N) is 1. The molecule has 0 unspecified atom stereocenters. The first kappa shape index (κ1) is 23.6. The highest BCUT2D eigenvalue weighted by Gasteiger charge is 2.36. The van der Waals surface area contributed by atoms with Crippen LogP contribution in [-0.2, 0) is 9.59 Å². The van der Waals surface area contributed by atoms with Crippen LogP contribution in [0.3, 0.4) is 0 Å². The molecule has 3 amide bonds. The zero-order chi connectivity index (χ0) is 23.4. The second-order valence-electron chi connectivity index (χ2n) is 7.03. The van der Waals surface area contributed by atoms with Crippen molar-refractivity contribution in [1.29, 1.82) is 0 Å². The van der Waals surface area contributed by atoms with Gasteiger partial charge in [-0.25, -0.2) is 4.39 Å². The number of hydrogen-bond acceptors (Lipinski definition) is 6. The van der Waals surface area contributed by atoms with Crippen LogP contribution >= 0.6 is 23.4 Å². The Kier molecular flexibility index (Phi) is 7.42. The van der Waals surface area contributed by atoms with Crippen molar-refractivity contribution in [3.05, 3.63) is 57.7 Å². The first-order valence-electron chi connectivity index (χ1n) is 9.53. The molecule has 1 heterocycles. The summed E-state index contributed by atoms with van der Waals surface area (Å²) < 4.78 is 24.3. The predicted octanol–water partition coefficient (Wildman–Crippen LogP) is 4.95. The highest BCUT2D eigenvalue weighted by molar-refractivity contribution is 8.18. The number of ether oxygens (including phenoxy) is 2. The molecular formula is C22H20ClFN2O5S. The van der Waals surface area contributed by atoms with Crippen LogP contribution in [0.1, 0.15) is 19.4 Å². The van der Waals surface area contributed by atoms with Crippen LogP contribution in [0.15, 0.2) is 41.3 Å². The average Bonchev–Trinajstić information content (AvgIpc) is 2.96. The molecule has 32 heavy (non-hydrogen) atoms. The monoisotopic (exact) mass is 478 g/mol. The van der Waals surface area contributed by atoms with Crippen LogP contribution in [-0.4, -0.2) is 41.7 Å². The van der Waals surface area contributed by atoms with E-state index in [1.165, 1.54) is 31.4 Å². The van der Waals surface area contributed by atoms with Crippen molar-refractivity contribution < 1.29 is 28.2 Å². The number of amides is 3. The van der Waals surface area contributed by atoms with Crippen LogP contribution in [0.5, 0.6) is 11.5 Å². The van der Waals surface area contributed by atoms with Gasteiger partial charge in [0.25, 0.3) is 11.1 Å². The van der Waals surface area contributed by atoms with Gasteiger partial charge in [-0.15, -0.1) is 0 Å². The lowest BCUT2D eigenvalue weighted by molar-refractivity contribution is -0.127. The van der Waals surface area contributed by atoms with Gasteiger partial charge in [0.2, 0.25) is 5.91 Å². The van der Waals surface area contributed by atoms with Crippen molar-refractivity contribution in [2.24, 2.45) is 0 Å². The molecule has 1 fully saturated rings. The maximum Gasteiger partial charge on any atom is 0.294 e.